The lowest BCUT2D eigenvalue weighted by molar-refractivity contribution is 0.674. The van der Waals surface area contributed by atoms with Crippen LogP contribution in [0, 0.1) is 13.8 Å². The second-order valence-electron chi connectivity index (χ2n) is 4.25. The number of nitrogens with two attached hydrogens (primary N) is 1. The maximum absolute atomic E-state index is 11.5. The van der Waals surface area contributed by atoms with Crippen LogP contribution >= 0.6 is 0 Å². The van der Waals surface area contributed by atoms with Crippen molar-refractivity contribution >= 4 is 27.7 Å². The van der Waals surface area contributed by atoms with Crippen LogP contribution in [0.15, 0.2) is 6.33 Å². The molecule has 0 amide bonds. The van der Waals surface area contributed by atoms with Crippen LogP contribution in [0.4, 0.5) is 5.82 Å². The zero-order valence-corrected chi connectivity index (χ0v) is 11.8. The molecule has 2 heterocycles. The molecule has 6 heteroatoms. The molecule has 0 aliphatic carbocycles. The van der Waals surface area contributed by atoms with Crippen molar-refractivity contribution in [3.8, 4) is 0 Å². The molecule has 2 N–H and O–H groups in total. The molecule has 0 saturated heterocycles. The third-order valence-electron chi connectivity index (χ3n) is 3.30. The van der Waals surface area contributed by atoms with E-state index in [9.17, 15) is 4.21 Å². The molecule has 0 bridgehead atoms. The summed E-state index contributed by atoms with van der Waals surface area (Å²) in [7, 11) is -0.770. The van der Waals surface area contributed by atoms with Crippen LogP contribution in [0.1, 0.15) is 18.2 Å². The minimum atomic E-state index is -0.770. The summed E-state index contributed by atoms with van der Waals surface area (Å²) < 4.78 is 13.6. The zero-order valence-electron chi connectivity index (χ0n) is 10.9. The van der Waals surface area contributed by atoms with Crippen LogP contribution in [0.3, 0.4) is 0 Å². The third kappa shape index (κ3) is 2.12. The Balaban J connectivity index is 2.47. The molecule has 0 fully saturated rings. The lowest BCUT2D eigenvalue weighted by Gasteiger charge is -2.06. The SMILES string of the molecule is CCS(=O)CCn1c(C)c(C)c2c(N)ncnc21. The first-order valence-electron chi connectivity index (χ1n) is 5.97. The first-order valence-corrected chi connectivity index (χ1v) is 7.45. The van der Waals surface area contributed by atoms with Gasteiger partial charge < -0.3 is 10.3 Å². The van der Waals surface area contributed by atoms with Crippen LogP contribution in [-0.4, -0.2) is 30.2 Å². The molecule has 0 aromatic carbocycles. The Hall–Kier alpha value is -1.43. The highest BCUT2D eigenvalue weighted by Crippen LogP contribution is 2.26. The van der Waals surface area contributed by atoms with Crippen molar-refractivity contribution in [3.05, 3.63) is 17.6 Å². The Morgan fingerprint density at radius 1 is 1.39 bits per heavy atom. The van der Waals surface area contributed by atoms with Gasteiger partial charge in [0.2, 0.25) is 0 Å². The van der Waals surface area contributed by atoms with Gasteiger partial charge in [-0.25, -0.2) is 9.97 Å². The van der Waals surface area contributed by atoms with E-state index >= 15 is 0 Å². The molecule has 2 aromatic heterocycles. The first-order chi connectivity index (χ1) is 8.56. The molecule has 5 nitrogen and oxygen atoms in total. The third-order valence-corrected chi connectivity index (χ3v) is 4.58. The molecule has 1 unspecified atom stereocenters. The maximum atomic E-state index is 11.5. The largest absolute Gasteiger partial charge is 0.383 e. The predicted octanol–water partition coefficient (Wildman–Crippen LogP) is 1.40. The summed E-state index contributed by atoms with van der Waals surface area (Å²) >= 11 is 0. The number of fused-ring (bicyclic) bond motifs is 1. The Kier molecular flexibility index (Phi) is 3.65. The van der Waals surface area contributed by atoms with Gasteiger partial charge >= 0.3 is 0 Å². The van der Waals surface area contributed by atoms with Crippen molar-refractivity contribution in [2.24, 2.45) is 0 Å². The van der Waals surface area contributed by atoms with Crippen molar-refractivity contribution in [1.82, 2.24) is 14.5 Å². The number of nitrogen functional groups attached to an aromatic ring is 1. The molecule has 2 rings (SSSR count). The lowest BCUT2D eigenvalue weighted by Crippen LogP contribution is -2.10. The van der Waals surface area contributed by atoms with E-state index in [2.05, 4.69) is 14.5 Å². The Labute approximate surface area is 109 Å². The standard InChI is InChI=1S/C12H18N4OS/c1-4-18(17)6-5-16-9(3)8(2)10-11(13)14-7-15-12(10)16/h7H,4-6H2,1-3H3,(H2,13,14,15). The van der Waals surface area contributed by atoms with E-state index in [0.717, 1.165) is 22.3 Å². The highest BCUT2D eigenvalue weighted by Gasteiger charge is 2.15. The summed E-state index contributed by atoms with van der Waals surface area (Å²) in [5.74, 6) is 1.84. The molecular formula is C12H18N4OS. The van der Waals surface area contributed by atoms with Crippen molar-refractivity contribution in [1.29, 1.82) is 0 Å². The van der Waals surface area contributed by atoms with Crippen molar-refractivity contribution in [3.63, 3.8) is 0 Å². The molecule has 0 saturated carbocycles. The minimum absolute atomic E-state index is 0.510. The molecule has 0 aliphatic rings. The van der Waals surface area contributed by atoms with Gasteiger partial charge in [-0.3, -0.25) is 4.21 Å². The molecule has 0 spiro atoms. The fourth-order valence-corrected chi connectivity index (χ4v) is 2.78. The maximum Gasteiger partial charge on any atom is 0.145 e. The van der Waals surface area contributed by atoms with Crippen LogP contribution in [0.25, 0.3) is 11.0 Å². The second kappa shape index (κ2) is 5.06. The highest BCUT2D eigenvalue weighted by atomic mass is 32.2. The van der Waals surface area contributed by atoms with Crippen LogP contribution in [0.2, 0.25) is 0 Å². The second-order valence-corrected chi connectivity index (χ2v) is 6.12. The number of aryl methyl sites for hydroxylation is 2. The van der Waals surface area contributed by atoms with Crippen LogP contribution in [0.5, 0.6) is 0 Å². The fraction of sp³-hybridized carbons (Fsp3) is 0.500. The Morgan fingerprint density at radius 2 is 2.11 bits per heavy atom. The summed E-state index contributed by atoms with van der Waals surface area (Å²) in [6.07, 6.45) is 1.48. The van der Waals surface area contributed by atoms with Crippen molar-refractivity contribution in [2.75, 3.05) is 17.2 Å². The number of hydrogen-bond donors (Lipinski definition) is 1. The fourth-order valence-electron chi connectivity index (χ4n) is 2.11. The van der Waals surface area contributed by atoms with Crippen LogP contribution in [-0.2, 0) is 17.3 Å². The minimum Gasteiger partial charge on any atom is -0.383 e. The van der Waals surface area contributed by atoms with E-state index in [1.54, 1.807) is 0 Å². The number of anilines is 1. The average molecular weight is 266 g/mol. The summed E-state index contributed by atoms with van der Waals surface area (Å²) in [6, 6.07) is 0. The van der Waals surface area contributed by atoms with Gasteiger partial charge in [0.25, 0.3) is 0 Å². The van der Waals surface area contributed by atoms with Gasteiger partial charge in [-0.15, -0.1) is 0 Å². The zero-order chi connectivity index (χ0) is 13.3. The summed E-state index contributed by atoms with van der Waals surface area (Å²) in [5.41, 5.74) is 8.95. The van der Waals surface area contributed by atoms with E-state index in [1.165, 1.54) is 6.33 Å². The van der Waals surface area contributed by atoms with E-state index in [1.807, 2.05) is 20.8 Å². The Morgan fingerprint density at radius 3 is 2.78 bits per heavy atom. The number of hydrogen-bond acceptors (Lipinski definition) is 4. The summed E-state index contributed by atoms with van der Waals surface area (Å²) in [5, 5.41) is 0.914. The van der Waals surface area contributed by atoms with E-state index in [0.29, 0.717) is 23.9 Å². The molecule has 0 radical (unpaired) electrons. The average Bonchev–Trinajstić information content (AvgIpc) is 2.61. The van der Waals surface area contributed by atoms with Gasteiger partial charge in [-0.1, -0.05) is 6.92 Å². The molecule has 1 atom stereocenters. The molecule has 98 valence electrons. The molecular weight excluding hydrogens is 248 g/mol. The topological polar surface area (TPSA) is 73.8 Å². The van der Waals surface area contributed by atoms with Gasteiger partial charge in [0.1, 0.15) is 17.8 Å². The predicted molar refractivity (Wildman–Crippen MR) is 75.0 cm³/mol. The lowest BCUT2D eigenvalue weighted by atomic mass is 10.2. The number of nitrogens with zero attached hydrogens (tertiary/aromatic N) is 3. The monoisotopic (exact) mass is 266 g/mol. The van der Waals surface area contributed by atoms with Crippen molar-refractivity contribution in [2.45, 2.75) is 27.3 Å². The molecule has 2 aromatic rings. The Bertz CT molecular complexity index is 606. The van der Waals surface area contributed by atoms with E-state index in [4.69, 9.17) is 5.73 Å². The van der Waals surface area contributed by atoms with Gasteiger partial charge in [-0.2, -0.15) is 0 Å². The summed E-state index contributed by atoms with van der Waals surface area (Å²) in [4.78, 5) is 8.33. The van der Waals surface area contributed by atoms with Crippen molar-refractivity contribution < 1.29 is 4.21 Å². The molecule has 18 heavy (non-hydrogen) atoms. The van der Waals surface area contributed by atoms with Gasteiger partial charge in [0.15, 0.2) is 0 Å². The first kappa shape index (κ1) is 13.0. The number of aromatic nitrogens is 3. The smallest absolute Gasteiger partial charge is 0.145 e. The quantitative estimate of drug-likeness (QED) is 0.907. The van der Waals surface area contributed by atoms with E-state index < -0.39 is 10.8 Å². The number of rotatable bonds is 4. The van der Waals surface area contributed by atoms with E-state index in [-0.39, 0.29) is 0 Å². The molecule has 0 aliphatic heterocycles. The van der Waals surface area contributed by atoms with Gasteiger partial charge in [0, 0.05) is 34.5 Å². The van der Waals surface area contributed by atoms with Gasteiger partial charge in [-0.05, 0) is 19.4 Å². The highest BCUT2D eigenvalue weighted by molar-refractivity contribution is 7.84. The van der Waals surface area contributed by atoms with Crippen LogP contribution < -0.4 is 5.73 Å². The normalized spacial score (nSPS) is 13.1. The van der Waals surface area contributed by atoms with Gasteiger partial charge in [0.05, 0.1) is 5.39 Å². The summed E-state index contributed by atoms with van der Waals surface area (Å²) in [6.45, 7) is 6.69.